The van der Waals surface area contributed by atoms with Crippen molar-refractivity contribution < 1.29 is 9.18 Å². The molecular formula is C12H18ClFN2O. The Morgan fingerprint density at radius 3 is 2.71 bits per heavy atom. The molecule has 1 rings (SSSR count). The molecule has 0 radical (unpaired) electrons. The molecule has 5 heteroatoms. The minimum atomic E-state index is -0.427. The van der Waals surface area contributed by atoms with Crippen molar-refractivity contribution >= 4 is 18.3 Å². The summed E-state index contributed by atoms with van der Waals surface area (Å²) in [7, 11) is 3.48. The lowest BCUT2D eigenvalue weighted by atomic mass is 10.1. The van der Waals surface area contributed by atoms with Crippen LogP contribution in [-0.4, -0.2) is 38.0 Å². The summed E-state index contributed by atoms with van der Waals surface area (Å²) in [5.74, 6) is -0.708. The quantitative estimate of drug-likeness (QED) is 0.896. The lowest BCUT2D eigenvalue weighted by Crippen LogP contribution is -2.33. The predicted octanol–water partition coefficient (Wildman–Crippen LogP) is 1.85. The second-order valence-corrected chi connectivity index (χ2v) is 3.77. The van der Waals surface area contributed by atoms with E-state index in [1.54, 1.807) is 26.1 Å². The Hall–Kier alpha value is -1.13. The summed E-state index contributed by atoms with van der Waals surface area (Å²) in [5.41, 5.74) is 0.631. The van der Waals surface area contributed by atoms with Gasteiger partial charge in [0.1, 0.15) is 5.82 Å². The van der Waals surface area contributed by atoms with Crippen LogP contribution in [0.4, 0.5) is 4.39 Å². The molecule has 0 heterocycles. The normalized spacial score (nSPS) is 9.65. The number of halogens is 2. The Morgan fingerprint density at radius 1 is 1.47 bits per heavy atom. The van der Waals surface area contributed by atoms with Crippen LogP contribution in [-0.2, 0) is 0 Å². The molecule has 0 aliphatic rings. The maximum atomic E-state index is 13.7. The zero-order chi connectivity index (χ0) is 12.1. The van der Waals surface area contributed by atoms with Gasteiger partial charge < -0.3 is 10.2 Å². The molecule has 0 aliphatic carbocycles. The summed E-state index contributed by atoms with van der Waals surface area (Å²) in [6.07, 6.45) is 0. The summed E-state index contributed by atoms with van der Waals surface area (Å²) in [4.78, 5) is 13.4. The van der Waals surface area contributed by atoms with Crippen LogP contribution in [0.2, 0.25) is 0 Å². The van der Waals surface area contributed by atoms with Crippen LogP contribution in [0.3, 0.4) is 0 Å². The predicted molar refractivity (Wildman–Crippen MR) is 69.3 cm³/mol. The number of hydrogen-bond donors (Lipinski definition) is 1. The zero-order valence-corrected chi connectivity index (χ0v) is 11.1. The van der Waals surface area contributed by atoms with E-state index in [0.717, 1.165) is 0 Å². The number of carbonyl (C=O) groups is 1. The van der Waals surface area contributed by atoms with Gasteiger partial charge in [0.05, 0.1) is 5.56 Å². The van der Waals surface area contributed by atoms with E-state index in [1.165, 1.54) is 11.0 Å². The second kappa shape index (κ2) is 7.25. The van der Waals surface area contributed by atoms with E-state index in [0.29, 0.717) is 18.7 Å². The molecule has 0 aliphatic heterocycles. The Balaban J connectivity index is 0.00000256. The van der Waals surface area contributed by atoms with Crippen LogP contribution in [0.15, 0.2) is 18.2 Å². The molecule has 0 unspecified atom stereocenters. The van der Waals surface area contributed by atoms with Gasteiger partial charge in [-0.25, -0.2) is 4.39 Å². The van der Waals surface area contributed by atoms with Gasteiger partial charge in [0.2, 0.25) is 0 Å². The van der Waals surface area contributed by atoms with Crippen molar-refractivity contribution in [2.24, 2.45) is 0 Å². The summed E-state index contributed by atoms with van der Waals surface area (Å²) >= 11 is 0. The highest BCUT2D eigenvalue weighted by Gasteiger charge is 2.16. The van der Waals surface area contributed by atoms with E-state index in [1.807, 2.05) is 7.05 Å². The monoisotopic (exact) mass is 260 g/mol. The molecule has 1 N–H and O–H groups in total. The summed E-state index contributed by atoms with van der Waals surface area (Å²) in [5, 5.41) is 2.94. The Morgan fingerprint density at radius 2 is 2.12 bits per heavy atom. The average molecular weight is 261 g/mol. The molecule has 0 fully saturated rings. The number of likely N-dealkylation sites (N-methyl/N-ethyl adjacent to an activating group) is 2. The van der Waals surface area contributed by atoms with E-state index in [2.05, 4.69) is 5.32 Å². The van der Waals surface area contributed by atoms with E-state index in [4.69, 9.17) is 0 Å². The Bertz CT molecular complexity index is 385. The molecule has 17 heavy (non-hydrogen) atoms. The highest BCUT2D eigenvalue weighted by Crippen LogP contribution is 2.13. The Kier molecular flexibility index (Phi) is 6.76. The first kappa shape index (κ1) is 15.9. The number of carbonyl (C=O) groups excluding carboxylic acids is 1. The molecule has 1 amide bonds. The first-order valence-electron chi connectivity index (χ1n) is 5.23. The number of amides is 1. The van der Waals surface area contributed by atoms with Gasteiger partial charge in [-0.2, -0.15) is 0 Å². The van der Waals surface area contributed by atoms with E-state index in [-0.39, 0.29) is 23.9 Å². The molecule has 0 aromatic heterocycles. The van der Waals surface area contributed by atoms with Crippen LogP contribution in [0.25, 0.3) is 0 Å². The first-order valence-corrected chi connectivity index (χ1v) is 5.23. The standard InChI is InChI=1S/C12H17FN2O.ClH/c1-9-5-4-6-10(11(9)13)12(16)15(3)8-7-14-2;/h4-6,14H,7-8H2,1-3H3;1H. The minimum Gasteiger partial charge on any atom is -0.340 e. The van der Waals surface area contributed by atoms with Gasteiger partial charge in [-0.3, -0.25) is 4.79 Å². The molecule has 0 spiro atoms. The third kappa shape index (κ3) is 3.98. The molecule has 1 aromatic rings. The summed E-state index contributed by atoms with van der Waals surface area (Å²) < 4.78 is 13.7. The number of rotatable bonds is 4. The molecule has 96 valence electrons. The molecule has 0 bridgehead atoms. The first-order chi connectivity index (χ1) is 7.57. The van der Waals surface area contributed by atoms with Crippen molar-refractivity contribution in [3.63, 3.8) is 0 Å². The molecule has 0 saturated heterocycles. The third-order valence-electron chi connectivity index (χ3n) is 2.47. The summed E-state index contributed by atoms with van der Waals surface area (Å²) in [6, 6.07) is 4.86. The molecular weight excluding hydrogens is 243 g/mol. The fraction of sp³-hybridized carbons (Fsp3) is 0.417. The highest BCUT2D eigenvalue weighted by molar-refractivity contribution is 5.94. The van der Waals surface area contributed by atoms with Gasteiger partial charge in [0.15, 0.2) is 0 Å². The largest absolute Gasteiger partial charge is 0.340 e. The number of hydrogen-bond acceptors (Lipinski definition) is 2. The molecule has 0 atom stereocenters. The number of benzene rings is 1. The van der Waals surface area contributed by atoms with Crippen LogP contribution in [0.5, 0.6) is 0 Å². The third-order valence-corrected chi connectivity index (χ3v) is 2.47. The maximum Gasteiger partial charge on any atom is 0.256 e. The van der Waals surface area contributed by atoms with Gasteiger partial charge in [0.25, 0.3) is 5.91 Å². The van der Waals surface area contributed by atoms with Gasteiger partial charge in [0, 0.05) is 20.1 Å². The van der Waals surface area contributed by atoms with E-state index >= 15 is 0 Å². The smallest absolute Gasteiger partial charge is 0.256 e. The lowest BCUT2D eigenvalue weighted by Gasteiger charge is -2.17. The van der Waals surface area contributed by atoms with Crippen LogP contribution < -0.4 is 5.32 Å². The number of nitrogens with zero attached hydrogens (tertiary/aromatic N) is 1. The van der Waals surface area contributed by atoms with Crippen molar-refractivity contribution in [2.75, 3.05) is 27.2 Å². The number of aryl methyl sites for hydroxylation is 1. The topological polar surface area (TPSA) is 32.3 Å². The molecule has 1 aromatic carbocycles. The van der Waals surface area contributed by atoms with Crippen molar-refractivity contribution in [3.05, 3.63) is 35.1 Å². The maximum absolute atomic E-state index is 13.7. The van der Waals surface area contributed by atoms with Crippen molar-refractivity contribution in [1.82, 2.24) is 10.2 Å². The fourth-order valence-corrected chi connectivity index (χ4v) is 1.40. The summed E-state index contributed by atoms with van der Waals surface area (Å²) in [6.45, 7) is 2.90. The van der Waals surface area contributed by atoms with Gasteiger partial charge in [-0.05, 0) is 25.6 Å². The van der Waals surface area contributed by atoms with Gasteiger partial charge in [-0.15, -0.1) is 12.4 Å². The average Bonchev–Trinajstić information content (AvgIpc) is 2.28. The minimum absolute atomic E-state index is 0. The van der Waals surface area contributed by atoms with Crippen molar-refractivity contribution in [1.29, 1.82) is 0 Å². The lowest BCUT2D eigenvalue weighted by molar-refractivity contribution is 0.0792. The van der Waals surface area contributed by atoms with Crippen LogP contribution in [0, 0.1) is 12.7 Å². The van der Waals surface area contributed by atoms with Gasteiger partial charge >= 0.3 is 0 Å². The Labute approximate surface area is 107 Å². The van der Waals surface area contributed by atoms with E-state index in [9.17, 15) is 9.18 Å². The van der Waals surface area contributed by atoms with Crippen molar-refractivity contribution in [3.8, 4) is 0 Å². The zero-order valence-electron chi connectivity index (χ0n) is 10.3. The van der Waals surface area contributed by atoms with Crippen LogP contribution >= 0.6 is 12.4 Å². The molecule has 3 nitrogen and oxygen atoms in total. The van der Waals surface area contributed by atoms with Crippen molar-refractivity contribution in [2.45, 2.75) is 6.92 Å². The molecule has 0 saturated carbocycles. The van der Waals surface area contributed by atoms with Gasteiger partial charge in [-0.1, -0.05) is 12.1 Å². The highest BCUT2D eigenvalue weighted by atomic mass is 35.5. The fourth-order valence-electron chi connectivity index (χ4n) is 1.40. The second-order valence-electron chi connectivity index (χ2n) is 3.77. The van der Waals surface area contributed by atoms with E-state index < -0.39 is 5.82 Å². The SMILES string of the molecule is CNCCN(C)C(=O)c1cccc(C)c1F.Cl. The van der Waals surface area contributed by atoms with Crippen LogP contribution in [0.1, 0.15) is 15.9 Å². The number of nitrogens with one attached hydrogen (secondary N) is 1.